The topological polar surface area (TPSA) is 58.6 Å². The fourth-order valence-electron chi connectivity index (χ4n) is 2.19. The number of methoxy groups -OCH3 is 1. The summed E-state index contributed by atoms with van der Waals surface area (Å²) in [7, 11) is 1.56. The summed E-state index contributed by atoms with van der Waals surface area (Å²) in [5, 5.41) is 13.0. The molecule has 2 N–H and O–H groups in total. The van der Waals surface area contributed by atoms with E-state index in [4.69, 9.17) is 4.74 Å². The minimum Gasteiger partial charge on any atom is -0.497 e. The van der Waals surface area contributed by atoms with Gasteiger partial charge in [-0.1, -0.05) is 18.2 Å². The van der Waals surface area contributed by atoms with E-state index < -0.39 is 23.9 Å². The quantitative estimate of drug-likeness (QED) is 0.891. The molecule has 0 fully saturated rings. The number of ether oxygens (including phenoxy) is 1. The zero-order valence-electron chi connectivity index (χ0n) is 13.3. The second-order valence-electron chi connectivity index (χ2n) is 5.44. The predicted octanol–water partition coefficient (Wildman–Crippen LogP) is 2.99. The minimum absolute atomic E-state index is 0.224. The molecule has 0 radical (unpaired) electrons. The fraction of sp³-hybridized carbons (Fsp3) is 0.278. The molecule has 0 spiro atoms. The SMILES string of the molecule is COc1ccc(C(O)C(C)NC(=O)c2ccc(C)c(F)c2)cc1. The molecule has 0 saturated carbocycles. The van der Waals surface area contributed by atoms with Gasteiger partial charge in [0.15, 0.2) is 0 Å². The lowest BCUT2D eigenvalue weighted by Gasteiger charge is -2.21. The van der Waals surface area contributed by atoms with Crippen molar-refractivity contribution in [2.45, 2.75) is 26.0 Å². The average Bonchev–Trinajstić information content (AvgIpc) is 2.56. The van der Waals surface area contributed by atoms with Gasteiger partial charge in [0, 0.05) is 5.56 Å². The molecule has 2 aromatic carbocycles. The first kappa shape index (κ1) is 17.0. The molecule has 0 aliphatic rings. The molecule has 2 aromatic rings. The molecule has 23 heavy (non-hydrogen) atoms. The van der Waals surface area contributed by atoms with Crippen LogP contribution in [0.3, 0.4) is 0 Å². The van der Waals surface area contributed by atoms with Crippen molar-refractivity contribution in [2.75, 3.05) is 7.11 Å². The lowest BCUT2D eigenvalue weighted by Crippen LogP contribution is -2.37. The summed E-state index contributed by atoms with van der Waals surface area (Å²) in [5.41, 5.74) is 1.36. The number of nitrogens with one attached hydrogen (secondary N) is 1. The molecule has 0 aromatic heterocycles. The Hall–Kier alpha value is -2.40. The smallest absolute Gasteiger partial charge is 0.251 e. The largest absolute Gasteiger partial charge is 0.497 e. The molecule has 0 aliphatic heterocycles. The number of hydrogen-bond donors (Lipinski definition) is 2. The summed E-state index contributed by atoms with van der Waals surface area (Å²) >= 11 is 0. The number of aliphatic hydroxyl groups excluding tert-OH is 1. The van der Waals surface area contributed by atoms with Crippen LogP contribution in [-0.4, -0.2) is 24.2 Å². The van der Waals surface area contributed by atoms with E-state index in [2.05, 4.69) is 5.32 Å². The van der Waals surface area contributed by atoms with Gasteiger partial charge in [0.1, 0.15) is 11.6 Å². The van der Waals surface area contributed by atoms with Gasteiger partial charge in [-0.25, -0.2) is 4.39 Å². The second kappa shape index (κ2) is 7.24. The highest BCUT2D eigenvalue weighted by Crippen LogP contribution is 2.20. The molecule has 122 valence electrons. The van der Waals surface area contributed by atoms with E-state index in [1.165, 1.54) is 6.07 Å². The van der Waals surface area contributed by atoms with E-state index in [-0.39, 0.29) is 5.56 Å². The summed E-state index contributed by atoms with van der Waals surface area (Å²) in [6.45, 7) is 3.32. The maximum absolute atomic E-state index is 13.5. The van der Waals surface area contributed by atoms with E-state index in [1.54, 1.807) is 57.4 Å². The third kappa shape index (κ3) is 4.07. The summed E-state index contributed by atoms with van der Waals surface area (Å²) in [4.78, 5) is 12.1. The molecule has 2 atom stereocenters. The van der Waals surface area contributed by atoms with Crippen LogP contribution in [0.4, 0.5) is 4.39 Å². The molecular formula is C18H20FNO3. The van der Waals surface area contributed by atoms with Gasteiger partial charge in [-0.2, -0.15) is 0 Å². The van der Waals surface area contributed by atoms with Crippen molar-refractivity contribution in [3.8, 4) is 5.75 Å². The number of amides is 1. The predicted molar refractivity (Wildman–Crippen MR) is 86.0 cm³/mol. The average molecular weight is 317 g/mol. The maximum Gasteiger partial charge on any atom is 0.251 e. The molecule has 0 saturated heterocycles. The van der Waals surface area contributed by atoms with Crippen molar-refractivity contribution in [1.29, 1.82) is 0 Å². The monoisotopic (exact) mass is 317 g/mol. The summed E-state index contributed by atoms with van der Waals surface area (Å²) in [6.07, 6.45) is -0.875. The zero-order chi connectivity index (χ0) is 17.0. The van der Waals surface area contributed by atoms with E-state index >= 15 is 0 Å². The summed E-state index contributed by atoms with van der Waals surface area (Å²) < 4.78 is 18.6. The number of halogens is 1. The van der Waals surface area contributed by atoms with Crippen LogP contribution < -0.4 is 10.1 Å². The fourth-order valence-corrected chi connectivity index (χ4v) is 2.19. The number of hydrogen-bond acceptors (Lipinski definition) is 3. The van der Waals surface area contributed by atoms with E-state index in [1.807, 2.05) is 0 Å². The number of benzene rings is 2. The summed E-state index contributed by atoms with van der Waals surface area (Å²) in [5.74, 6) is -0.169. The van der Waals surface area contributed by atoms with E-state index in [0.29, 0.717) is 16.9 Å². The van der Waals surface area contributed by atoms with Gasteiger partial charge in [0.25, 0.3) is 5.91 Å². The number of carbonyl (C=O) groups excluding carboxylic acids is 1. The van der Waals surface area contributed by atoms with Crippen molar-refractivity contribution >= 4 is 5.91 Å². The third-order valence-corrected chi connectivity index (χ3v) is 3.72. The maximum atomic E-state index is 13.5. The first-order valence-corrected chi connectivity index (χ1v) is 7.31. The first-order valence-electron chi connectivity index (χ1n) is 7.31. The molecule has 2 unspecified atom stereocenters. The van der Waals surface area contributed by atoms with Crippen LogP contribution >= 0.6 is 0 Å². The molecule has 0 aliphatic carbocycles. The van der Waals surface area contributed by atoms with Crippen molar-refractivity contribution in [3.63, 3.8) is 0 Å². The Morgan fingerprint density at radius 1 is 1.22 bits per heavy atom. The number of rotatable bonds is 5. The normalized spacial score (nSPS) is 13.3. The highest BCUT2D eigenvalue weighted by molar-refractivity contribution is 5.94. The van der Waals surface area contributed by atoms with Crippen molar-refractivity contribution in [2.24, 2.45) is 0 Å². The van der Waals surface area contributed by atoms with Crippen LogP contribution in [0, 0.1) is 12.7 Å². The van der Waals surface area contributed by atoms with Crippen LogP contribution in [0.25, 0.3) is 0 Å². The number of aliphatic hydroxyl groups is 1. The Kier molecular flexibility index (Phi) is 5.34. The van der Waals surface area contributed by atoms with Crippen molar-refractivity contribution < 1.29 is 19.0 Å². The van der Waals surface area contributed by atoms with Gasteiger partial charge >= 0.3 is 0 Å². The Labute approximate surface area is 134 Å². The molecule has 1 amide bonds. The van der Waals surface area contributed by atoms with Crippen molar-refractivity contribution in [3.05, 3.63) is 65.0 Å². The first-order chi connectivity index (χ1) is 10.9. The summed E-state index contributed by atoms with van der Waals surface area (Å²) in [6, 6.07) is 10.7. The van der Waals surface area contributed by atoms with Gasteiger partial charge in [0.2, 0.25) is 0 Å². The second-order valence-corrected chi connectivity index (χ2v) is 5.44. The highest BCUT2D eigenvalue weighted by Gasteiger charge is 2.19. The standard InChI is InChI=1S/C18H20FNO3/c1-11-4-5-14(10-16(11)19)18(22)20-12(2)17(21)13-6-8-15(23-3)9-7-13/h4-10,12,17,21H,1-3H3,(H,20,22). The van der Waals surface area contributed by atoms with Gasteiger partial charge < -0.3 is 15.2 Å². The molecule has 5 heteroatoms. The van der Waals surface area contributed by atoms with Gasteiger partial charge in [-0.3, -0.25) is 4.79 Å². The Morgan fingerprint density at radius 2 is 1.87 bits per heavy atom. The molecule has 0 bridgehead atoms. The Balaban J connectivity index is 2.05. The van der Waals surface area contributed by atoms with Gasteiger partial charge in [-0.15, -0.1) is 0 Å². The Bertz CT molecular complexity index is 685. The lowest BCUT2D eigenvalue weighted by molar-refractivity contribution is 0.0851. The third-order valence-electron chi connectivity index (χ3n) is 3.72. The van der Waals surface area contributed by atoms with E-state index in [0.717, 1.165) is 0 Å². The van der Waals surface area contributed by atoms with Crippen LogP contribution in [0.2, 0.25) is 0 Å². The lowest BCUT2D eigenvalue weighted by atomic mass is 10.0. The van der Waals surface area contributed by atoms with Crippen LogP contribution in [-0.2, 0) is 0 Å². The molecule has 4 nitrogen and oxygen atoms in total. The molecule has 0 heterocycles. The van der Waals surface area contributed by atoms with Crippen LogP contribution in [0.1, 0.15) is 34.5 Å². The molecule has 2 rings (SSSR count). The van der Waals surface area contributed by atoms with Crippen LogP contribution in [0.5, 0.6) is 5.75 Å². The molecular weight excluding hydrogens is 297 g/mol. The Morgan fingerprint density at radius 3 is 2.43 bits per heavy atom. The zero-order valence-corrected chi connectivity index (χ0v) is 13.3. The minimum atomic E-state index is -0.875. The van der Waals surface area contributed by atoms with Gasteiger partial charge in [-0.05, 0) is 49.2 Å². The highest BCUT2D eigenvalue weighted by atomic mass is 19.1. The number of carbonyl (C=O) groups is 1. The van der Waals surface area contributed by atoms with Gasteiger partial charge in [0.05, 0.1) is 19.3 Å². The van der Waals surface area contributed by atoms with Crippen molar-refractivity contribution in [1.82, 2.24) is 5.32 Å². The van der Waals surface area contributed by atoms with Crippen LogP contribution in [0.15, 0.2) is 42.5 Å². The number of aryl methyl sites for hydroxylation is 1. The van der Waals surface area contributed by atoms with E-state index in [9.17, 15) is 14.3 Å².